The highest BCUT2D eigenvalue weighted by Gasteiger charge is 2.38. The number of ether oxygens (including phenoxy) is 2. The van der Waals surface area contributed by atoms with E-state index in [0.717, 1.165) is 12.8 Å². The van der Waals surface area contributed by atoms with E-state index in [1.54, 1.807) is 30.3 Å². The smallest absolute Gasteiger partial charge is 0.248 e. The normalized spacial score (nSPS) is 18.2. The minimum atomic E-state index is -3.60. The van der Waals surface area contributed by atoms with Crippen molar-refractivity contribution in [3.63, 3.8) is 0 Å². The Morgan fingerprint density at radius 2 is 1.76 bits per heavy atom. The molecule has 2 aromatic carbocycles. The molecule has 0 bridgehead atoms. The number of carbonyl (C=O) groups excluding carboxylic acids is 2. The Labute approximate surface area is 193 Å². The zero-order valence-electron chi connectivity index (χ0n) is 18.8. The van der Waals surface area contributed by atoms with E-state index >= 15 is 0 Å². The van der Waals surface area contributed by atoms with Gasteiger partial charge in [0, 0.05) is 38.2 Å². The van der Waals surface area contributed by atoms with E-state index < -0.39 is 22.0 Å². The van der Waals surface area contributed by atoms with Crippen LogP contribution in [0.5, 0.6) is 11.5 Å². The fourth-order valence-corrected chi connectivity index (χ4v) is 5.95. The number of sulfonamides is 1. The van der Waals surface area contributed by atoms with Gasteiger partial charge in [-0.1, -0.05) is 0 Å². The first-order valence-corrected chi connectivity index (χ1v) is 12.2. The molecular weight excluding hydrogens is 446 g/mol. The van der Waals surface area contributed by atoms with Crippen LogP contribution >= 0.6 is 0 Å². The minimum Gasteiger partial charge on any atom is -0.497 e. The van der Waals surface area contributed by atoms with Gasteiger partial charge in [0.1, 0.15) is 17.5 Å². The van der Waals surface area contributed by atoms with Gasteiger partial charge in [0.15, 0.2) is 0 Å². The number of amides is 2. The topological polar surface area (TPSA) is 105 Å². The number of carbonyl (C=O) groups is 2. The van der Waals surface area contributed by atoms with Crippen molar-refractivity contribution in [3.8, 4) is 11.5 Å². The molecule has 0 unspecified atom stereocenters. The summed E-state index contributed by atoms with van der Waals surface area (Å²) in [6.07, 6.45) is 1.90. The van der Waals surface area contributed by atoms with Crippen molar-refractivity contribution in [3.05, 3.63) is 42.0 Å². The molecule has 0 saturated carbocycles. The molecule has 0 spiro atoms. The van der Waals surface area contributed by atoms with Crippen molar-refractivity contribution in [2.24, 2.45) is 0 Å². The summed E-state index contributed by atoms with van der Waals surface area (Å²) in [5.41, 5.74) is 1.64. The molecule has 2 aliphatic heterocycles. The summed E-state index contributed by atoms with van der Waals surface area (Å²) in [4.78, 5) is 27.2. The maximum Gasteiger partial charge on any atom is 0.248 e. The van der Waals surface area contributed by atoms with E-state index in [4.69, 9.17) is 9.47 Å². The number of hydrogen-bond acceptors (Lipinski definition) is 6. The second kappa shape index (κ2) is 9.03. The summed E-state index contributed by atoms with van der Waals surface area (Å²) >= 11 is 0. The summed E-state index contributed by atoms with van der Waals surface area (Å²) < 4.78 is 37.9. The van der Waals surface area contributed by atoms with Crippen molar-refractivity contribution in [1.29, 1.82) is 0 Å². The number of anilines is 2. The molecule has 2 aromatic rings. The first kappa shape index (κ1) is 23.1. The van der Waals surface area contributed by atoms with Gasteiger partial charge in [-0.25, -0.2) is 8.42 Å². The van der Waals surface area contributed by atoms with Crippen molar-refractivity contribution in [2.45, 2.75) is 37.1 Å². The lowest BCUT2D eigenvalue weighted by atomic mass is 10.1. The van der Waals surface area contributed by atoms with Crippen LogP contribution in [0.15, 0.2) is 41.3 Å². The summed E-state index contributed by atoms with van der Waals surface area (Å²) in [6.45, 7) is 2.40. The quantitative estimate of drug-likeness (QED) is 0.691. The third-order valence-corrected chi connectivity index (χ3v) is 7.94. The predicted octanol–water partition coefficient (Wildman–Crippen LogP) is 2.40. The number of fused-ring (bicyclic) bond motifs is 1. The number of rotatable bonds is 6. The molecule has 1 atom stereocenters. The molecule has 1 fully saturated rings. The van der Waals surface area contributed by atoms with Crippen LogP contribution < -0.4 is 19.7 Å². The Balaban J connectivity index is 1.61. The molecule has 10 heteroatoms. The van der Waals surface area contributed by atoms with Crippen molar-refractivity contribution >= 4 is 33.2 Å². The Kier molecular flexibility index (Phi) is 6.31. The average Bonchev–Trinajstić information content (AvgIpc) is 3.47. The number of methoxy groups -OCH3 is 2. The minimum absolute atomic E-state index is 0.185. The zero-order valence-corrected chi connectivity index (χ0v) is 19.6. The third kappa shape index (κ3) is 4.28. The van der Waals surface area contributed by atoms with Gasteiger partial charge in [-0.05, 0) is 48.7 Å². The van der Waals surface area contributed by atoms with Crippen LogP contribution in [-0.4, -0.2) is 57.9 Å². The number of hydrogen-bond donors (Lipinski definition) is 1. The van der Waals surface area contributed by atoms with Crippen LogP contribution in [0.2, 0.25) is 0 Å². The van der Waals surface area contributed by atoms with Crippen LogP contribution in [0.3, 0.4) is 0 Å². The summed E-state index contributed by atoms with van der Waals surface area (Å²) in [5, 5.41) is 2.82. The highest BCUT2D eigenvalue weighted by atomic mass is 32.2. The highest BCUT2D eigenvalue weighted by Crippen LogP contribution is 2.36. The molecule has 0 radical (unpaired) electrons. The molecule has 0 aliphatic carbocycles. The van der Waals surface area contributed by atoms with Crippen molar-refractivity contribution < 1.29 is 27.5 Å². The van der Waals surface area contributed by atoms with Gasteiger partial charge in [0.25, 0.3) is 0 Å². The van der Waals surface area contributed by atoms with Crippen molar-refractivity contribution in [1.82, 2.24) is 4.31 Å². The Morgan fingerprint density at radius 3 is 2.39 bits per heavy atom. The molecule has 9 nitrogen and oxygen atoms in total. The van der Waals surface area contributed by atoms with Gasteiger partial charge in [-0.2, -0.15) is 4.31 Å². The van der Waals surface area contributed by atoms with Gasteiger partial charge < -0.3 is 14.8 Å². The fraction of sp³-hybridized carbons (Fsp3) is 0.391. The van der Waals surface area contributed by atoms with Crippen LogP contribution in [0, 0.1) is 0 Å². The molecular formula is C23H27N3O6S. The van der Waals surface area contributed by atoms with Gasteiger partial charge in [0.05, 0.1) is 24.8 Å². The molecule has 176 valence electrons. The van der Waals surface area contributed by atoms with Crippen LogP contribution in [0.25, 0.3) is 0 Å². The van der Waals surface area contributed by atoms with Crippen LogP contribution in [0.1, 0.15) is 25.3 Å². The van der Waals surface area contributed by atoms with E-state index in [1.165, 1.54) is 36.4 Å². The van der Waals surface area contributed by atoms with Crippen LogP contribution in [-0.2, 0) is 26.0 Å². The molecule has 2 amide bonds. The Morgan fingerprint density at radius 1 is 1.03 bits per heavy atom. The zero-order chi connectivity index (χ0) is 23.8. The third-order valence-electron chi connectivity index (χ3n) is 6.05. The number of benzene rings is 2. The Hall–Kier alpha value is -3.11. The average molecular weight is 474 g/mol. The first-order valence-electron chi connectivity index (χ1n) is 10.7. The monoisotopic (exact) mass is 473 g/mol. The van der Waals surface area contributed by atoms with Gasteiger partial charge in [-0.3, -0.25) is 14.5 Å². The lowest BCUT2D eigenvalue weighted by molar-refractivity contribution is -0.122. The second-order valence-corrected chi connectivity index (χ2v) is 10.0. The van der Waals surface area contributed by atoms with Gasteiger partial charge in [-0.15, -0.1) is 0 Å². The standard InChI is InChI=1S/C23H27N3O6S/c1-15(27)26-20-9-7-18(33(29,30)25-10-4-5-11-25)12-16(20)13-21(26)23(28)24-19-8-6-17(31-2)14-22(19)32-3/h6-9,12,14,21H,4-5,10-11,13H2,1-3H3,(H,24,28)/t21-/m1/s1. The SMILES string of the molecule is COc1ccc(NC(=O)[C@H]2Cc3cc(S(=O)(=O)N4CCCC4)ccc3N2C(C)=O)c(OC)c1. The lowest BCUT2D eigenvalue weighted by Gasteiger charge is -2.24. The molecule has 0 aromatic heterocycles. The fourth-order valence-electron chi connectivity index (χ4n) is 4.38. The van der Waals surface area contributed by atoms with Crippen LogP contribution in [0.4, 0.5) is 11.4 Å². The summed E-state index contributed by atoms with van der Waals surface area (Å²) in [6, 6.07) is 8.90. The predicted molar refractivity (Wildman–Crippen MR) is 123 cm³/mol. The lowest BCUT2D eigenvalue weighted by Crippen LogP contribution is -2.44. The maximum absolute atomic E-state index is 13.2. The number of nitrogens with zero attached hydrogens (tertiary/aromatic N) is 2. The molecule has 4 rings (SSSR count). The highest BCUT2D eigenvalue weighted by molar-refractivity contribution is 7.89. The molecule has 1 saturated heterocycles. The largest absolute Gasteiger partial charge is 0.497 e. The Bertz CT molecular complexity index is 1190. The first-order chi connectivity index (χ1) is 15.8. The maximum atomic E-state index is 13.2. The summed E-state index contributed by atoms with van der Waals surface area (Å²) in [5.74, 6) is 0.307. The van der Waals surface area contributed by atoms with Crippen molar-refractivity contribution in [2.75, 3.05) is 37.5 Å². The van der Waals surface area contributed by atoms with E-state index in [-0.39, 0.29) is 17.2 Å². The molecule has 2 aliphatic rings. The van der Waals surface area contributed by atoms with E-state index in [1.807, 2.05) is 0 Å². The van der Waals surface area contributed by atoms with Gasteiger partial charge in [0.2, 0.25) is 21.8 Å². The molecule has 33 heavy (non-hydrogen) atoms. The molecule has 1 N–H and O–H groups in total. The van der Waals surface area contributed by atoms with E-state index in [0.29, 0.717) is 41.5 Å². The second-order valence-electron chi connectivity index (χ2n) is 8.07. The summed E-state index contributed by atoms with van der Waals surface area (Å²) in [7, 11) is -0.579. The number of nitrogens with one attached hydrogen (secondary N) is 1. The van der Waals surface area contributed by atoms with E-state index in [9.17, 15) is 18.0 Å². The van der Waals surface area contributed by atoms with E-state index in [2.05, 4.69) is 5.32 Å². The molecule has 2 heterocycles. The van der Waals surface area contributed by atoms with Gasteiger partial charge >= 0.3 is 0 Å².